The quantitative estimate of drug-likeness (QED) is 0.466. The van der Waals surface area contributed by atoms with Crippen molar-refractivity contribution in [2.75, 3.05) is 12.4 Å². The van der Waals surface area contributed by atoms with Crippen LogP contribution in [0.2, 0.25) is 0 Å². The molecular weight excluding hydrogens is 481 g/mol. The third kappa shape index (κ3) is 5.47. The molecule has 0 fully saturated rings. The molecule has 0 heterocycles. The van der Waals surface area contributed by atoms with E-state index in [9.17, 15) is 26.4 Å². The number of ether oxygens (including phenoxy) is 1. The van der Waals surface area contributed by atoms with Crippen LogP contribution in [0.4, 0.5) is 18.9 Å². The molecule has 0 saturated heterocycles. The Morgan fingerprint density at radius 1 is 1.06 bits per heavy atom. The topological polar surface area (TPSA) is 98.5 Å². The van der Waals surface area contributed by atoms with E-state index in [1.807, 2.05) is 0 Å². The second-order valence-corrected chi connectivity index (χ2v) is 8.71. The van der Waals surface area contributed by atoms with Crippen molar-refractivity contribution in [3.8, 4) is 16.9 Å². The molecule has 3 aromatic carbocycles. The number of nitrogens with one attached hydrogen (secondary N) is 1. The minimum atomic E-state index is -4.55. The first-order valence-corrected chi connectivity index (χ1v) is 11.4. The van der Waals surface area contributed by atoms with Gasteiger partial charge >= 0.3 is 6.18 Å². The first-order chi connectivity index (χ1) is 15.5. The molecule has 0 aliphatic carbocycles. The van der Waals surface area contributed by atoms with Crippen LogP contribution < -0.4 is 15.2 Å². The van der Waals surface area contributed by atoms with E-state index in [2.05, 4.69) is 5.32 Å². The Kier molecular flexibility index (Phi) is 7.01. The summed E-state index contributed by atoms with van der Waals surface area (Å²) in [5.74, 6) is -0.800. The first kappa shape index (κ1) is 24.6. The Morgan fingerprint density at radius 2 is 1.76 bits per heavy atom. The van der Waals surface area contributed by atoms with Gasteiger partial charge in [-0.3, -0.25) is 4.79 Å². The second kappa shape index (κ2) is 9.42. The molecule has 3 rings (SSSR count). The maximum atomic E-state index is 13.4. The fourth-order valence-electron chi connectivity index (χ4n) is 3.26. The summed E-state index contributed by atoms with van der Waals surface area (Å²) in [4.78, 5) is 12.4. The predicted octanol–water partition coefficient (Wildman–Crippen LogP) is 5.02. The van der Waals surface area contributed by atoms with Gasteiger partial charge in [0.25, 0.3) is 5.91 Å². The van der Waals surface area contributed by atoms with Gasteiger partial charge in [0.2, 0.25) is 10.0 Å². The van der Waals surface area contributed by atoms with Crippen molar-refractivity contribution in [3.05, 3.63) is 77.4 Å². The Balaban J connectivity index is 1.94. The highest BCUT2D eigenvalue weighted by molar-refractivity contribution is 7.89. The number of halogens is 4. The number of rotatable bonds is 6. The summed E-state index contributed by atoms with van der Waals surface area (Å²) in [7, 11) is -2.82. The van der Waals surface area contributed by atoms with Crippen molar-refractivity contribution in [1.29, 1.82) is 0 Å². The summed E-state index contributed by atoms with van der Waals surface area (Å²) in [6.07, 6.45) is -4.55. The molecule has 0 bridgehead atoms. The Morgan fingerprint density at radius 3 is 2.36 bits per heavy atom. The summed E-state index contributed by atoms with van der Waals surface area (Å²) in [5, 5.41) is 7.73. The van der Waals surface area contributed by atoms with Crippen LogP contribution in [-0.4, -0.2) is 21.4 Å². The van der Waals surface area contributed by atoms with Gasteiger partial charge in [-0.2, -0.15) is 13.2 Å². The van der Waals surface area contributed by atoms with Crippen LogP contribution in [0.5, 0.6) is 5.75 Å². The van der Waals surface area contributed by atoms with Gasteiger partial charge in [-0.25, -0.2) is 13.6 Å². The summed E-state index contributed by atoms with van der Waals surface area (Å²) in [6.45, 7) is 0. The van der Waals surface area contributed by atoms with Gasteiger partial charge in [0.1, 0.15) is 10.6 Å². The molecule has 0 radical (unpaired) electrons. The highest BCUT2D eigenvalue weighted by Crippen LogP contribution is 2.39. The summed E-state index contributed by atoms with van der Waals surface area (Å²) in [5.41, 5.74) is 0.219. The number of anilines is 1. The normalized spacial score (nSPS) is 11.8. The molecule has 0 aliphatic rings. The van der Waals surface area contributed by atoms with E-state index < -0.39 is 27.7 Å². The number of sulfonamides is 1. The van der Waals surface area contributed by atoms with E-state index in [-0.39, 0.29) is 33.2 Å². The number of nitrogens with two attached hydrogens (primary N) is 1. The molecule has 3 aromatic rings. The lowest BCUT2D eigenvalue weighted by Crippen LogP contribution is -2.16. The number of carbonyl (C=O) groups excluding carboxylic acids is 1. The van der Waals surface area contributed by atoms with Gasteiger partial charge in [-0.1, -0.05) is 24.3 Å². The van der Waals surface area contributed by atoms with Crippen LogP contribution in [-0.2, 0) is 22.1 Å². The molecule has 0 atom stereocenters. The number of alkyl halides is 4. The zero-order chi connectivity index (χ0) is 24.4. The Labute approximate surface area is 193 Å². The standard InChI is InChI=1S/C22H18ClF3N2O4S/c1-32-19-11-13(6-9-20(19)33(27,30)31)21(29)28-15-7-8-16(14(10-15)12-23)17-4-2-3-5-18(17)22(24,25)26/h2-11H,12H2,1H3,(H,28,29)(H2,27,30,31). The number of benzene rings is 3. The number of methoxy groups -OCH3 is 1. The fourth-order valence-corrected chi connectivity index (χ4v) is 4.16. The molecule has 1 amide bonds. The Hall–Kier alpha value is -3.08. The van der Waals surface area contributed by atoms with Gasteiger partial charge in [-0.05, 0) is 53.1 Å². The van der Waals surface area contributed by atoms with Crippen molar-refractivity contribution < 1.29 is 31.1 Å². The van der Waals surface area contributed by atoms with Crippen molar-refractivity contribution >= 4 is 33.2 Å². The van der Waals surface area contributed by atoms with Gasteiger partial charge in [0, 0.05) is 17.1 Å². The van der Waals surface area contributed by atoms with Gasteiger partial charge in [0.05, 0.1) is 12.7 Å². The lowest BCUT2D eigenvalue weighted by molar-refractivity contribution is -0.137. The molecule has 3 N–H and O–H groups in total. The van der Waals surface area contributed by atoms with E-state index in [0.717, 1.165) is 12.1 Å². The van der Waals surface area contributed by atoms with Gasteiger partial charge in [0.15, 0.2) is 0 Å². The monoisotopic (exact) mass is 498 g/mol. The third-order valence-corrected chi connectivity index (χ3v) is 6.00. The average Bonchev–Trinajstić information content (AvgIpc) is 2.77. The molecule has 0 saturated carbocycles. The van der Waals surface area contributed by atoms with Crippen molar-refractivity contribution in [2.45, 2.75) is 17.0 Å². The van der Waals surface area contributed by atoms with Crippen LogP contribution in [0, 0.1) is 0 Å². The molecule has 0 aliphatic heterocycles. The van der Waals surface area contributed by atoms with Crippen molar-refractivity contribution in [3.63, 3.8) is 0 Å². The molecule has 0 unspecified atom stereocenters. The zero-order valence-electron chi connectivity index (χ0n) is 17.1. The summed E-state index contributed by atoms with van der Waals surface area (Å²) < 4.78 is 68.5. The molecular formula is C22H18ClF3N2O4S. The molecule has 174 valence electrons. The first-order valence-electron chi connectivity index (χ1n) is 9.33. The van der Waals surface area contributed by atoms with Gasteiger partial charge < -0.3 is 10.1 Å². The number of hydrogen-bond donors (Lipinski definition) is 2. The van der Waals surface area contributed by atoms with Crippen LogP contribution in [0.25, 0.3) is 11.1 Å². The number of primary sulfonamides is 1. The van der Waals surface area contributed by atoms with E-state index in [4.69, 9.17) is 21.5 Å². The minimum Gasteiger partial charge on any atom is -0.495 e. The van der Waals surface area contributed by atoms with E-state index in [0.29, 0.717) is 11.3 Å². The average molecular weight is 499 g/mol. The third-order valence-electron chi connectivity index (χ3n) is 4.76. The zero-order valence-corrected chi connectivity index (χ0v) is 18.7. The van der Waals surface area contributed by atoms with Crippen LogP contribution in [0.15, 0.2) is 65.6 Å². The number of hydrogen-bond acceptors (Lipinski definition) is 4. The highest BCUT2D eigenvalue weighted by Gasteiger charge is 2.33. The van der Waals surface area contributed by atoms with E-state index in [1.54, 1.807) is 0 Å². The fraction of sp³-hybridized carbons (Fsp3) is 0.136. The summed E-state index contributed by atoms with van der Waals surface area (Å²) in [6, 6.07) is 13.1. The molecule has 0 spiro atoms. The minimum absolute atomic E-state index is 0.0261. The Bertz CT molecular complexity index is 1310. The van der Waals surface area contributed by atoms with E-state index >= 15 is 0 Å². The van der Waals surface area contributed by atoms with Crippen molar-refractivity contribution in [2.24, 2.45) is 5.14 Å². The number of carbonyl (C=O) groups is 1. The van der Waals surface area contributed by atoms with Crippen LogP contribution in [0.1, 0.15) is 21.5 Å². The number of amides is 1. The molecule has 11 heteroatoms. The highest BCUT2D eigenvalue weighted by atomic mass is 35.5. The predicted molar refractivity (Wildman–Crippen MR) is 119 cm³/mol. The lowest BCUT2D eigenvalue weighted by Gasteiger charge is -2.16. The van der Waals surface area contributed by atoms with Crippen molar-refractivity contribution in [1.82, 2.24) is 0 Å². The van der Waals surface area contributed by atoms with E-state index in [1.165, 1.54) is 55.6 Å². The maximum absolute atomic E-state index is 13.4. The maximum Gasteiger partial charge on any atom is 0.417 e. The molecule has 6 nitrogen and oxygen atoms in total. The molecule has 33 heavy (non-hydrogen) atoms. The summed E-state index contributed by atoms with van der Waals surface area (Å²) >= 11 is 5.99. The lowest BCUT2D eigenvalue weighted by atomic mass is 9.95. The molecule has 0 aromatic heterocycles. The van der Waals surface area contributed by atoms with Crippen LogP contribution >= 0.6 is 11.6 Å². The second-order valence-electron chi connectivity index (χ2n) is 6.91. The van der Waals surface area contributed by atoms with Gasteiger partial charge in [-0.15, -0.1) is 11.6 Å². The smallest absolute Gasteiger partial charge is 0.417 e. The largest absolute Gasteiger partial charge is 0.495 e. The van der Waals surface area contributed by atoms with Crippen LogP contribution in [0.3, 0.4) is 0 Å². The SMILES string of the molecule is COc1cc(C(=O)Nc2ccc(-c3ccccc3C(F)(F)F)c(CCl)c2)ccc1S(N)(=O)=O.